The Kier molecular flexibility index (Phi) is 11.3. The zero-order chi connectivity index (χ0) is 28.7. The minimum absolute atomic E-state index is 0.280. The van der Waals surface area contributed by atoms with Gasteiger partial charge in [-0.1, -0.05) is 5.16 Å². The Morgan fingerprint density at radius 1 is 1.05 bits per heavy atom. The van der Waals surface area contributed by atoms with E-state index in [1.807, 2.05) is 17.0 Å². The molecule has 18 heteroatoms. The molecule has 0 saturated carbocycles. The summed E-state index contributed by atoms with van der Waals surface area (Å²) < 4.78 is 32.2. The second kappa shape index (κ2) is 14.2. The monoisotopic (exact) mass is 501 g/mol. The molecule has 0 bridgehead atoms. The van der Waals surface area contributed by atoms with Crippen molar-refractivity contribution in [2.75, 3.05) is 18.0 Å². The van der Waals surface area contributed by atoms with Crippen LogP contribution in [-0.4, -0.2) is 108 Å². The van der Waals surface area contributed by atoms with Crippen molar-refractivity contribution in [3.05, 3.63) is 53.3 Å². The van der Waals surface area contributed by atoms with Crippen LogP contribution in [0.4, 0.5) is 14.5 Å². The van der Waals surface area contributed by atoms with E-state index in [-0.39, 0.29) is 18.1 Å². The summed E-state index contributed by atoms with van der Waals surface area (Å²) in [5.41, 5.74) is 3.04. The van der Waals surface area contributed by atoms with Crippen LogP contribution in [0.1, 0.15) is 24.0 Å². The van der Waals surface area contributed by atoms with Crippen LogP contribution < -0.4 is 4.90 Å². The van der Waals surface area contributed by atoms with E-state index < -0.39 is 25.3 Å². The molecule has 0 spiro atoms. The Bertz CT molecular complexity index is 1280. The lowest BCUT2D eigenvalue weighted by Gasteiger charge is -2.31. The maximum absolute atomic E-state index is 13.5. The SMILES string of the molecule is Cc1cc(-c2noc(-c3ccc(N4CCC(F)CC4)c(C#N)c3)n2)ccc1F.[B][B]B([B])B(B([B])[B])B([B])[B]. The molecular weight excluding hydrogens is 481 g/mol. The van der Waals surface area contributed by atoms with Crippen LogP contribution in [0.25, 0.3) is 22.8 Å². The molecule has 5 nitrogen and oxygen atoms in total. The molecule has 0 N–H and O–H groups in total. The van der Waals surface area contributed by atoms with Gasteiger partial charge in [-0.05, 0) is 61.7 Å². The molecular formula is C21H18B11F2N4O. The largest absolute Gasteiger partial charge is 0.370 e. The summed E-state index contributed by atoms with van der Waals surface area (Å²) in [6.45, 7) is 2.84. The third-order valence-electron chi connectivity index (χ3n) is 6.53. The molecule has 1 saturated heterocycles. The highest BCUT2D eigenvalue weighted by molar-refractivity contribution is 8.01. The average Bonchev–Trinajstić information content (AvgIpc) is 3.41. The van der Waals surface area contributed by atoms with Gasteiger partial charge in [0.25, 0.3) is 5.89 Å². The summed E-state index contributed by atoms with van der Waals surface area (Å²) >= 11 is 0. The third kappa shape index (κ3) is 7.99. The topological polar surface area (TPSA) is 66.0 Å². The Hall–Kier alpha value is -2.56. The number of halogens is 2. The van der Waals surface area contributed by atoms with E-state index in [0.29, 0.717) is 54.0 Å². The number of nitriles is 1. The number of nitrogens with zero attached hydrogens (tertiary/aromatic N) is 4. The van der Waals surface area contributed by atoms with Crippen molar-refractivity contribution in [2.24, 2.45) is 0 Å². The van der Waals surface area contributed by atoms with Gasteiger partial charge in [-0.2, -0.15) is 10.2 Å². The molecule has 39 heavy (non-hydrogen) atoms. The van der Waals surface area contributed by atoms with E-state index in [1.165, 1.54) is 13.1 Å². The fourth-order valence-electron chi connectivity index (χ4n) is 4.26. The minimum Gasteiger partial charge on any atom is -0.370 e. The molecule has 0 amide bonds. The zero-order valence-corrected chi connectivity index (χ0v) is 21.7. The molecule has 175 valence electrons. The van der Waals surface area contributed by atoms with Crippen molar-refractivity contribution < 1.29 is 13.3 Å². The van der Waals surface area contributed by atoms with E-state index in [4.69, 9.17) is 50.9 Å². The van der Waals surface area contributed by atoms with Gasteiger partial charge < -0.3 is 9.42 Å². The fourth-order valence-corrected chi connectivity index (χ4v) is 4.26. The number of aromatic nitrogens is 2. The van der Waals surface area contributed by atoms with E-state index in [0.717, 1.165) is 5.69 Å². The van der Waals surface area contributed by atoms with Gasteiger partial charge in [0.05, 0.1) is 11.3 Å². The average molecular weight is 499 g/mol. The van der Waals surface area contributed by atoms with E-state index in [2.05, 4.69) is 16.2 Å². The lowest BCUT2D eigenvalue weighted by atomic mass is 8.56. The molecule has 2 aromatic carbocycles. The normalized spacial score (nSPS) is 13.0. The van der Waals surface area contributed by atoms with Crippen LogP contribution in [0.5, 0.6) is 0 Å². The Labute approximate surface area is 239 Å². The number of aryl methyl sites for hydroxylation is 1. The van der Waals surface area contributed by atoms with Crippen LogP contribution >= 0.6 is 0 Å². The molecule has 1 aromatic heterocycles. The second-order valence-corrected chi connectivity index (χ2v) is 9.39. The van der Waals surface area contributed by atoms with Gasteiger partial charge in [0, 0.05) is 103 Å². The van der Waals surface area contributed by atoms with Crippen LogP contribution in [0, 0.1) is 24.1 Å². The highest BCUT2D eigenvalue weighted by atomic mass is 19.1. The van der Waals surface area contributed by atoms with E-state index >= 15 is 0 Å². The van der Waals surface area contributed by atoms with Crippen molar-refractivity contribution in [1.29, 1.82) is 5.26 Å². The summed E-state index contributed by atoms with van der Waals surface area (Å²) in [4.78, 5) is 6.40. The van der Waals surface area contributed by atoms with Crippen molar-refractivity contribution >= 4 is 84.7 Å². The van der Waals surface area contributed by atoms with Gasteiger partial charge in [-0.25, -0.2) is 8.78 Å². The number of anilines is 1. The Balaban J connectivity index is 0.000000325. The lowest BCUT2D eigenvalue weighted by molar-refractivity contribution is 0.277. The summed E-state index contributed by atoms with van der Waals surface area (Å²) in [6.07, 6.45) is -1.98. The van der Waals surface area contributed by atoms with Crippen molar-refractivity contribution in [2.45, 2.75) is 25.9 Å². The van der Waals surface area contributed by atoms with Crippen LogP contribution in [-0.2, 0) is 0 Å². The first kappa shape index (κ1) is 31.0. The molecule has 0 unspecified atom stereocenters. The smallest absolute Gasteiger partial charge is 0.258 e. The van der Waals surface area contributed by atoms with Crippen LogP contribution in [0.3, 0.4) is 0 Å². The first-order chi connectivity index (χ1) is 18.5. The number of hydrogen-bond acceptors (Lipinski definition) is 5. The zero-order valence-electron chi connectivity index (χ0n) is 21.7. The summed E-state index contributed by atoms with van der Waals surface area (Å²) in [7, 11) is 33.5. The van der Waals surface area contributed by atoms with Crippen molar-refractivity contribution in [1.82, 2.24) is 10.1 Å². The van der Waals surface area contributed by atoms with Gasteiger partial charge in [-0.15, -0.1) is 0 Å². The van der Waals surface area contributed by atoms with E-state index in [1.54, 1.807) is 25.1 Å². The van der Waals surface area contributed by atoms with Crippen molar-refractivity contribution in [3.8, 4) is 28.9 Å². The highest BCUT2D eigenvalue weighted by Gasteiger charge is 2.26. The van der Waals surface area contributed by atoms with Gasteiger partial charge >= 0.3 is 0 Å². The van der Waals surface area contributed by atoms with Gasteiger partial charge in [0.1, 0.15) is 18.1 Å². The first-order valence-corrected chi connectivity index (χ1v) is 12.4. The summed E-state index contributed by atoms with van der Waals surface area (Å²) in [5.74, 6) is 0.340. The number of rotatable bonds is 7. The lowest BCUT2D eigenvalue weighted by Crippen LogP contribution is -2.63. The van der Waals surface area contributed by atoms with E-state index in [9.17, 15) is 14.0 Å². The Morgan fingerprint density at radius 3 is 2.23 bits per heavy atom. The molecule has 4 rings (SSSR count). The fraction of sp³-hybridized carbons (Fsp3) is 0.286. The quantitative estimate of drug-likeness (QED) is 0.443. The van der Waals surface area contributed by atoms with Gasteiger partial charge in [0.2, 0.25) is 5.82 Å². The van der Waals surface area contributed by atoms with Gasteiger partial charge in [-0.3, -0.25) is 0 Å². The molecule has 1 aliphatic heterocycles. The minimum atomic E-state index is -0.770. The molecule has 13 radical (unpaired) electrons. The summed E-state index contributed by atoms with van der Waals surface area (Å²) in [5, 5.41) is 13.5. The Morgan fingerprint density at radius 2 is 1.69 bits per heavy atom. The third-order valence-corrected chi connectivity index (χ3v) is 6.53. The number of alkyl halides is 1. The van der Waals surface area contributed by atoms with Gasteiger partial charge in [0.15, 0.2) is 0 Å². The van der Waals surface area contributed by atoms with Crippen molar-refractivity contribution in [3.63, 3.8) is 0 Å². The molecule has 1 fully saturated rings. The predicted octanol–water partition coefficient (Wildman–Crippen LogP) is 0.472. The molecule has 2 heterocycles. The van der Waals surface area contributed by atoms with Crippen LogP contribution in [0.15, 0.2) is 40.9 Å². The second-order valence-electron chi connectivity index (χ2n) is 9.39. The molecule has 0 aliphatic carbocycles. The van der Waals surface area contributed by atoms with Crippen LogP contribution in [0.2, 0.25) is 0 Å². The maximum Gasteiger partial charge on any atom is 0.258 e. The number of hydrogen-bond donors (Lipinski definition) is 0. The predicted molar refractivity (Wildman–Crippen MR) is 164 cm³/mol. The maximum atomic E-state index is 13.5. The number of piperidine rings is 1. The molecule has 1 aliphatic rings. The highest BCUT2D eigenvalue weighted by Crippen LogP contribution is 2.30. The molecule has 3 aromatic rings. The summed E-state index contributed by atoms with van der Waals surface area (Å²) in [6, 6.07) is 12.2. The molecule has 0 atom stereocenters. The first-order valence-electron chi connectivity index (χ1n) is 12.4. The standard InChI is InChI=1S/C21H18F2N4O.B11/c1-13-10-14(2-4-18(13)23)20-25-21(28-26-20)15-3-5-19(16(11-15)12-24)27-8-6-17(22)7-9-27;1-7-10(6)11(8(2)3)9(4)5/h2-5,10-11,17H,6-9H2,1H3;. The number of benzene rings is 2.